The van der Waals surface area contributed by atoms with Crippen LogP contribution in [-0.4, -0.2) is 20.6 Å². The van der Waals surface area contributed by atoms with Gasteiger partial charge in [-0.1, -0.05) is 60.7 Å². The maximum absolute atomic E-state index is 13.3. The van der Waals surface area contributed by atoms with E-state index < -0.39 is 0 Å². The molecule has 0 saturated heterocycles. The van der Waals surface area contributed by atoms with Crippen molar-refractivity contribution in [2.45, 2.75) is 12.7 Å². The Bertz CT molecular complexity index is 1140. The van der Waals surface area contributed by atoms with Crippen molar-refractivity contribution in [1.29, 1.82) is 0 Å². The van der Waals surface area contributed by atoms with Crippen LogP contribution >= 0.6 is 0 Å². The third-order valence-corrected chi connectivity index (χ3v) is 5.16. The third-order valence-electron chi connectivity index (χ3n) is 5.16. The van der Waals surface area contributed by atoms with Crippen molar-refractivity contribution in [2.75, 3.05) is 5.32 Å². The van der Waals surface area contributed by atoms with Gasteiger partial charge in [0, 0.05) is 24.0 Å². The molecule has 5 heteroatoms. The highest BCUT2D eigenvalue weighted by atomic mass is 16.2. The van der Waals surface area contributed by atoms with Crippen LogP contribution in [0, 0.1) is 0 Å². The molecule has 1 aliphatic rings. The Kier molecular flexibility index (Phi) is 4.33. The maximum Gasteiger partial charge on any atom is 0.258 e. The summed E-state index contributed by atoms with van der Waals surface area (Å²) in [7, 11) is 0. The zero-order chi connectivity index (χ0) is 19.6. The highest BCUT2D eigenvalue weighted by molar-refractivity contribution is 6.01. The van der Waals surface area contributed by atoms with Gasteiger partial charge in [0.05, 0.1) is 17.4 Å². The topological polar surface area (TPSA) is 50.2 Å². The highest BCUT2D eigenvalue weighted by Crippen LogP contribution is 2.34. The second-order valence-corrected chi connectivity index (χ2v) is 7.06. The standard InChI is InChI=1S/C24H20N4O/c29-24-21-13-7-8-14-22(21)26-23(27(24)16-18-9-3-1-4-10-18)19-15-25-28(17-19)20-11-5-2-6-12-20/h1-15,17,23,26H,16H2/t23-/m1/s1. The number of hydrogen-bond donors (Lipinski definition) is 1. The average Bonchev–Trinajstić information content (AvgIpc) is 3.27. The molecule has 29 heavy (non-hydrogen) atoms. The summed E-state index contributed by atoms with van der Waals surface area (Å²) in [6.45, 7) is 0.516. The molecule has 1 atom stereocenters. The summed E-state index contributed by atoms with van der Waals surface area (Å²) in [6.07, 6.45) is 3.51. The van der Waals surface area contributed by atoms with E-state index in [-0.39, 0.29) is 12.1 Å². The summed E-state index contributed by atoms with van der Waals surface area (Å²) < 4.78 is 1.84. The Hall–Kier alpha value is -3.86. The molecule has 0 bridgehead atoms. The van der Waals surface area contributed by atoms with Crippen molar-refractivity contribution < 1.29 is 4.79 Å². The smallest absolute Gasteiger partial charge is 0.258 e. The molecule has 3 aromatic carbocycles. The minimum absolute atomic E-state index is 0.0145. The van der Waals surface area contributed by atoms with Gasteiger partial charge in [-0.3, -0.25) is 4.79 Å². The monoisotopic (exact) mass is 380 g/mol. The number of anilines is 1. The van der Waals surface area contributed by atoms with Crippen LogP contribution in [0.2, 0.25) is 0 Å². The number of benzene rings is 3. The van der Waals surface area contributed by atoms with E-state index in [9.17, 15) is 4.79 Å². The number of rotatable bonds is 4. The third kappa shape index (κ3) is 3.27. The minimum atomic E-state index is -0.296. The highest BCUT2D eigenvalue weighted by Gasteiger charge is 2.33. The quantitative estimate of drug-likeness (QED) is 0.561. The first-order valence-electron chi connectivity index (χ1n) is 9.60. The van der Waals surface area contributed by atoms with E-state index in [2.05, 4.69) is 10.4 Å². The number of nitrogens with zero attached hydrogens (tertiary/aromatic N) is 3. The van der Waals surface area contributed by atoms with E-state index in [4.69, 9.17) is 0 Å². The Morgan fingerprint density at radius 2 is 1.55 bits per heavy atom. The van der Waals surface area contributed by atoms with E-state index in [1.54, 1.807) is 0 Å². The molecule has 4 aromatic rings. The predicted molar refractivity (Wildman–Crippen MR) is 113 cm³/mol. The van der Waals surface area contributed by atoms with Gasteiger partial charge in [-0.2, -0.15) is 5.10 Å². The van der Waals surface area contributed by atoms with Gasteiger partial charge in [0.25, 0.3) is 5.91 Å². The summed E-state index contributed by atoms with van der Waals surface area (Å²) in [5.74, 6) is 0.0145. The second-order valence-electron chi connectivity index (χ2n) is 7.06. The fraction of sp³-hybridized carbons (Fsp3) is 0.0833. The molecule has 0 spiro atoms. The van der Waals surface area contributed by atoms with Crippen LogP contribution in [0.25, 0.3) is 5.69 Å². The lowest BCUT2D eigenvalue weighted by molar-refractivity contribution is 0.0666. The first-order valence-corrected chi connectivity index (χ1v) is 9.60. The fourth-order valence-electron chi connectivity index (χ4n) is 3.70. The van der Waals surface area contributed by atoms with Crippen molar-refractivity contribution in [2.24, 2.45) is 0 Å². The Labute approximate surface area is 169 Å². The molecule has 142 valence electrons. The van der Waals surface area contributed by atoms with Crippen molar-refractivity contribution in [1.82, 2.24) is 14.7 Å². The molecular weight excluding hydrogens is 360 g/mol. The molecular formula is C24H20N4O. The lowest BCUT2D eigenvalue weighted by Crippen LogP contribution is -2.42. The molecule has 0 aliphatic carbocycles. The molecule has 1 amide bonds. The summed E-state index contributed by atoms with van der Waals surface area (Å²) >= 11 is 0. The lowest BCUT2D eigenvalue weighted by Gasteiger charge is -2.37. The van der Waals surface area contributed by atoms with E-state index in [1.807, 2.05) is 107 Å². The zero-order valence-electron chi connectivity index (χ0n) is 15.8. The summed E-state index contributed by atoms with van der Waals surface area (Å²) in [4.78, 5) is 15.2. The molecule has 1 aliphatic heterocycles. The van der Waals surface area contributed by atoms with Crippen molar-refractivity contribution in [3.05, 3.63) is 114 Å². The summed E-state index contributed by atoms with van der Waals surface area (Å²) in [5.41, 5.74) is 4.54. The zero-order valence-corrected chi connectivity index (χ0v) is 15.8. The first-order chi connectivity index (χ1) is 14.3. The van der Waals surface area contributed by atoms with Crippen LogP contribution in [0.15, 0.2) is 97.3 Å². The van der Waals surface area contributed by atoms with Crippen LogP contribution < -0.4 is 5.32 Å². The number of fused-ring (bicyclic) bond motifs is 1. The van der Waals surface area contributed by atoms with Gasteiger partial charge in [0.2, 0.25) is 0 Å². The largest absolute Gasteiger partial charge is 0.361 e. The normalized spacial score (nSPS) is 15.7. The maximum atomic E-state index is 13.3. The van der Waals surface area contributed by atoms with Crippen molar-refractivity contribution in [3.8, 4) is 5.69 Å². The van der Waals surface area contributed by atoms with Gasteiger partial charge in [0.1, 0.15) is 6.17 Å². The van der Waals surface area contributed by atoms with Crippen LogP contribution in [-0.2, 0) is 6.54 Å². The molecule has 0 fully saturated rings. The molecule has 5 nitrogen and oxygen atoms in total. The minimum Gasteiger partial charge on any atom is -0.361 e. The molecule has 1 N–H and O–H groups in total. The summed E-state index contributed by atoms with van der Waals surface area (Å²) in [5, 5.41) is 8.05. The number of aromatic nitrogens is 2. The van der Waals surface area contributed by atoms with E-state index in [0.717, 1.165) is 22.5 Å². The SMILES string of the molecule is O=C1c2ccccc2N[C@@H](c2cnn(-c3ccccc3)c2)N1Cc1ccccc1. The van der Waals surface area contributed by atoms with Gasteiger partial charge in [-0.05, 0) is 29.8 Å². The van der Waals surface area contributed by atoms with Crippen LogP contribution in [0.3, 0.4) is 0 Å². The van der Waals surface area contributed by atoms with Crippen molar-refractivity contribution in [3.63, 3.8) is 0 Å². The van der Waals surface area contributed by atoms with Gasteiger partial charge >= 0.3 is 0 Å². The average molecular weight is 380 g/mol. The number of carbonyl (C=O) groups excluding carboxylic acids is 1. The van der Waals surface area contributed by atoms with Gasteiger partial charge in [-0.15, -0.1) is 0 Å². The van der Waals surface area contributed by atoms with Crippen LogP contribution in [0.1, 0.15) is 27.7 Å². The fourth-order valence-corrected chi connectivity index (χ4v) is 3.70. The number of carbonyl (C=O) groups is 1. The van der Waals surface area contributed by atoms with Gasteiger partial charge < -0.3 is 10.2 Å². The molecule has 5 rings (SSSR count). The number of amides is 1. The lowest BCUT2D eigenvalue weighted by atomic mass is 10.0. The number of nitrogens with one attached hydrogen (secondary N) is 1. The molecule has 2 heterocycles. The van der Waals surface area contributed by atoms with Gasteiger partial charge in [0.15, 0.2) is 0 Å². The van der Waals surface area contributed by atoms with E-state index >= 15 is 0 Å². The van der Waals surface area contributed by atoms with Gasteiger partial charge in [-0.25, -0.2) is 4.68 Å². The molecule has 0 saturated carbocycles. The Morgan fingerprint density at radius 3 is 2.34 bits per heavy atom. The van der Waals surface area contributed by atoms with E-state index in [1.165, 1.54) is 0 Å². The Morgan fingerprint density at radius 1 is 0.862 bits per heavy atom. The van der Waals surface area contributed by atoms with E-state index in [0.29, 0.717) is 12.1 Å². The Balaban J connectivity index is 1.54. The summed E-state index contributed by atoms with van der Waals surface area (Å²) in [6, 6.07) is 27.7. The van der Waals surface area contributed by atoms with Crippen LogP contribution in [0.4, 0.5) is 5.69 Å². The molecule has 1 aromatic heterocycles. The predicted octanol–water partition coefficient (Wildman–Crippen LogP) is 4.64. The number of hydrogen-bond acceptors (Lipinski definition) is 3. The van der Waals surface area contributed by atoms with Crippen LogP contribution in [0.5, 0.6) is 0 Å². The molecule has 0 radical (unpaired) electrons. The second kappa shape index (κ2) is 7.28. The number of para-hydroxylation sites is 2. The first kappa shape index (κ1) is 17.3. The molecule has 0 unspecified atom stereocenters. The van der Waals surface area contributed by atoms with Crippen molar-refractivity contribution >= 4 is 11.6 Å².